The van der Waals surface area contributed by atoms with E-state index in [0.717, 1.165) is 0 Å². The molecule has 0 aliphatic heterocycles. The van der Waals surface area contributed by atoms with E-state index in [1.54, 1.807) is 30.3 Å². The van der Waals surface area contributed by atoms with Crippen molar-refractivity contribution in [2.75, 3.05) is 12.8 Å². The standard InChI is InChI=1S/C14H15ClFN3O/c1-20-9-3-5-10(12(16)7-9)14(19-18)11-4-2-8(15)6-13(11)17/h2-7,14,19H,17-18H2,1H3. The van der Waals surface area contributed by atoms with Crippen LogP contribution in [0.4, 0.5) is 10.1 Å². The Hall–Kier alpha value is -1.82. The van der Waals surface area contributed by atoms with E-state index in [2.05, 4.69) is 5.43 Å². The van der Waals surface area contributed by atoms with Gasteiger partial charge in [-0.05, 0) is 23.8 Å². The number of hydrogen-bond acceptors (Lipinski definition) is 4. The minimum atomic E-state index is -0.571. The maximum atomic E-state index is 14.1. The summed E-state index contributed by atoms with van der Waals surface area (Å²) < 4.78 is 19.1. The second-order valence-electron chi connectivity index (χ2n) is 4.26. The number of nitrogens with one attached hydrogen (secondary N) is 1. The average Bonchev–Trinajstić information content (AvgIpc) is 2.43. The lowest BCUT2D eigenvalue weighted by atomic mass is 9.97. The molecule has 0 spiro atoms. The second kappa shape index (κ2) is 6.09. The topological polar surface area (TPSA) is 73.3 Å². The predicted octanol–water partition coefficient (Wildman–Crippen LogP) is 2.62. The SMILES string of the molecule is COc1ccc(C(NN)c2ccc(Cl)cc2N)c(F)c1. The summed E-state index contributed by atoms with van der Waals surface area (Å²) >= 11 is 5.86. The molecule has 0 bridgehead atoms. The van der Waals surface area contributed by atoms with Crippen molar-refractivity contribution in [3.8, 4) is 5.75 Å². The molecule has 20 heavy (non-hydrogen) atoms. The van der Waals surface area contributed by atoms with Crippen LogP contribution < -0.4 is 21.7 Å². The molecule has 0 aliphatic carbocycles. The van der Waals surface area contributed by atoms with Crippen LogP contribution in [0.15, 0.2) is 36.4 Å². The zero-order valence-electron chi connectivity index (χ0n) is 10.9. The molecule has 0 radical (unpaired) electrons. The van der Waals surface area contributed by atoms with E-state index < -0.39 is 11.9 Å². The van der Waals surface area contributed by atoms with Gasteiger partial charge in [0, 0.05) is 22.3 Å². The van der Waals surface area contributed by atoms with E-state index in [4.69, 9.17) is 27.9 Å². The molecule has 5 N–H and O–H groups in total. The normalized spacial score (nSPS) is 12.2. The van der Waals surface area contributed by atoms with Gasteiger partial charge < -0.3 is 10.5 Å². The third-order valence-electron chi connectivity index (χ3n) is 3.05. The molecule has 0 aromatic heterocycles. The van der Waals surface area contributed by atoms with Crippen molar-refractivity contribution in [1.29, 1.82) is 0 Å². The van der Waals surface area contributed by atoms with Crippen LogP contribution in [0.5, 0.6) is 5.75 Å². The summed E-state index contributed by atoms with van der Waals surface area (Å²) in [5.41, 5.74) is 9.95. The molecule has 0 heterocycles. The maximum Gasteiger partial charge on any atom is 0.132 e. The van der Waals surface area contributed by atoms with Crippen LogP contribution in [0.2, 0.25) is 5.02 Å². The second-order valence-corrected chi connectivity index (χ2v) is 4.70. The molecule has 106 valence electrons. The van der Waals surface area contributed by atoms with Crippen LogP contribution in [-0.4, -0.2) is 7.11 Å². The largest absolute Gasteiger partial charge is 0.497 e. The molecule has 2 aromatic carbocycles. The molecular weight excluding hydrogens is 281 g/mol. The molecule has 0 saturated carbocycles. The highest BCUT2D eigenvalue weighted by Crippen LogP contribution is 2.31. The fourth-order valence-corrected chi connectivity index (χ4v) is 2.21. The minimum absolute atomic E-state index is 0.377. The van der Waals surface area contributed by atoms with Gasteiger partial charge in [-0.1, -0.05) is 23.7 Å². The lowest BCUT2D eigenvalue weighted by Gasteiger charge is -2.20. The Morgan fingerprint density at radius 1 is 1.20 bits per heavy atom. The van der Waals surface area contributed by atoms with Gasteiger partial charge in [-0.25, -0.2) is 9.82 Å². The van der Waals surface area contributed by atoms with Gasteiger partial charge in [0.2, 0.25) is 0 Å². The first-order valence-corrected chi connectivity index (χ1v) is 6.29. The molecular formula is C14H15ClFN3O. The number of benzene rings is 2. The highest BCUT2D eigenvalue weighted by Gasteiger charge is 2.19. The van der Waals surface area contributed by atoms with Gasteiger partial charge in [0.15, 0.2) is 0 Å². The molecule has 1 unspecified atom stereocenters. The summed E-state index contributed by atoms with van der Waals surface area (Å²) in [7, 11) is 1.48. The highest BCUT2D eigenvalue weighted by atomic mass is 35.5. The predicted molar refractivity (Wildman–Crippen MR) is 78.0 cm³/mol. The average molecular weight is 296 g/mol. The number of rotatable bonds is 4. The third kappa shape index (κ3) is 2.85. The summed E-state index contributed by atoms with van der Waals surface area (Å²) in [6.07, 6.45) is 0. The number of nitrogen functional groups attached to an aromatic ring is 1. The number of nitrogens with two attached hydrogens (primary N) is 2. The molecule has 0 fully saturated rings. The summed E-state index contributed by atoms with van der Waals surface area (Å²) in [5.74, 6) is 5.55. The Bertz CT molecular complexity index is 621. The van der Waals surface area contributed by atoms with Crippen LogP contribution in [0.3, 0.4) is 0 Å². The number of hydrazine groups is 1. The van der Waals surface area contributed by atoms with Crippen molar-refractivity contribution in [3.05, 3.63) is 58.4 Å². The minimum Gasteiger partial charge on any atom is -0.497 e. The van der Waals surface area contributed by atoms with Gasteiger partial charge in [-0.3, -0.25) is 5.84 Å². The maximum absolute atomic E-state index is 14.1. The van der Waals surface area contributed by atoms with E-state index in [1.165, 1.54) is 13.2 Å². The molecule has 2 aromatic rings. The summed E-state index contributed by atoms with van der Waals surface area (Å²) in [4.78, 5) is 0. The number of hydrogen-bond donors (Lipinski definition) is 3. The van der Waals surface area contributed by atoms with Gasteiger partial charge in [-0.15, -0.1) is 0 Å². The third-order valence-corrected chi connectivity index (χ3v) is 3.28. The summed E-state index contributed by atoms with van der Waals surface area (Å²) in [6.45, 7) is 0. The van der Waals surface area contributed by atoms with Crippen LogP contribution >= 0.6 is 11.6 Å². The smallest absolute Gasteiger partial charge is 0.132 e. The van der Waals surface area contributed by atoms with Crippen molar-refractivity contribution in [2.24, 2.45) is 5.84 Å². The number of halogens is 2. The van der Waals surface area contributed by atoms with Gasteiger partial charge >= 0.3 is 0 Å². The number of anilines is 1. The van der Waals surface area contributed by atoms with E-state index >= 15 is 0 Å². The zero-order valence-corrected chi connectivity index (χ0v) is 11.6. The lowest BCUT2D eigenvalue weighted by Crippen LogP contribution is -2.30. The molecule has 1 atom stereocenters. The van der Waals surface area contributed by atoms with Crippen LogP contribution in [0, 0.1) is 5.82 Å². The Balaban J connectivity index is 2.47. The fourth-order valence-electron chi connectivity index (χ4n) is 2.02. The highest BCUT2D eigenvalue weighted by molar-refractivity contribution is 6.30. The van der Waals surface area contributed by atoms with Crippen molar-refractivity contribution in [2.45, 2.75) is 6.04 Å². The van der Waals surface area contributed by atoms with E-state index in [9.17, 15) is 4.39 Å². The van der Waals surface area contributed by atoms with Gasteiger partial charge in [0.05, 0.1) is 13.2 Å². The Morgan fingerprint density at radius 2 is 1.90 bits per heavy atom. The first-order valence-electron chi connectivity index (χ1n) is 5.91. The number of ether oxygens (including phenoxy) is 1. The van der Waals surface area contributed by atoms with Crippen molar-refractivity contribution >= 4 is 17.3 Å². The fraction of sp³-hybridized carbons (Fsp3) is 0.143. The van der Waals surface area contributed by atoms with Crippen molar-refractivity contribution < 1.29 is 9.13 Å². The van der Waals surface area contributed by atoms with Crippen molar-refractivity contribution in [1.82, 2.24) is 5.43 Å². The van der Waals surface area contributed by atoms with Crippen LogP contribution in [0.25, 0.3) is 0 Å². The monoisotopic (exact) mass is 295 g/mol. The Kier molecular flexibility index (Phi) is 4.44. The molecule has 0 amide bonds. The first kappa shape index (κ1) is 14.6. The summed E-state index contributed by atoms with van der Waals surface area (Å²) in [6, 6.07) is 8.99. The Morgan fingerprint density at radius 3 is 2.45 bits per heavy atom. The first-order chi connectivity index (χ1) is 9.56. The van der Waals surface area contributed by atoms with Gasteiger partial charge in [-0.2, -0.15) is 0 Å². The number of methoxy groups -OCH3 is 1. The van der Waals surface area contributed by atoms with Gasteiger partial charge in [0.25, 0.3) is 0 Å². The molecule has 0 saturated heterocycles. The summed E-state index contributed by atoms with van der Waals surface area (Å²) in [5, 5.41) is 0.511. The lowest BCUT2D eigenvalue weighted by molar-refractivity contribution is 0.410. The van der Waals surface area contributed by atoms with E-state index in [1.807, 2.05) is 0 Å². The van der Waals surface area contributed by atoms with Crippen molar-refractivity contribution in [3.63, 3.8) is 0 Å². The Labute approximate surface area is 121 Å². The van der Waals surface area contributed by atoms with E-state index in [-0.39, 0.29) is 0 Å². The zero-order chi connectivity index (χ0) is 14.7. The van der Waals surface area contributed by atoms with Gasteiger partial charge in [0.1, 0.15) is 11.6 Å². The van der Waals surface area contributed by atoms with E-state index in [0.29, 0.717) is 27.6 Å². The van der Waals surface area contributed by atoms with Crippen LogP contribution in [-0.2, 0) is 0 Å². The quantitative estimate of drug-likeness (QED) is 0.460. The van der Waals surface area contributed by atoms with Crippen LogP contribution in [0.1, 0.15) is 17.2 Å². The molecule has 0 aliphatic rings. The molecule has 6 heteroatoms. The molecule has 2 rings (SSSR count). The molecule has 4 nitrogen and oxygen atoms in total.